The molecule has 1 amide bonds. The minimum atomic E-state index is -0.513. The monoisotopic (exact) mass is 493 g/mol. The molecule has 9 heteroatoms. The Balaban J connectivity index is 1.30. The molecule has 4 aliphatic rings. The number of carbonyl (C=O) groups is 1. The normalized spacial score (nSPS) is 25.3. The first-order valence-corrected chi connectivity index (χ1v) is 13.4. The number of ether oxygens (including phenoxy) is 1. The standard InChI is InChI=1S/C27H39N7O2/c1-20(36-17-16-33-13-6-7-14-33)10-11-23(28-2)30-26-29-19-21-18-27(12-15-32(3)25(27)35)34(24(21)31-26)22-8-4-5-9-22/h10-11,19,22H,2,4-9,12-18H2,1,3H3,(H,29,30,31)/b20-10+,23-11+. The highest BCUT2D eigenvalue weighted by Crippen LogP contribution is 2.47. The maximum atomic E-state index is 13.3. The summed E-state index contributed by atoms with van der Waals surface area (Å²) in [6, 6.07) is 0.347. The molecule has 1 N–H and O–H groups in total. The van der Waals surface area contributed by atoms with Crippen LogP contribution in [0.4, 0.5) is 11.8 Å². The van der Waals surface area contributed by atoms with Gasteiger partial charge in [-0.05, 0) is 71.0 Å². The third kappa shape index (κ3) is 4.85. The van der Waals surface area contributed by atoms with E-state index in [0.29, 0.717) is 30.8 Å². The Hall–Kier alpha value is -2.94. The Bertz CT molecular complexity index is 1040. The van der Waals surface area contributed by atoms with Gasteiger partial charge in [0.2, 0.25) is 11.9 Å². The van der Waals surface area contributed by atoms with Crippen LogP contribution in [0.2, 0.25) is 0 Å². The Morgan fingerprint density at radius 3 is 2.72 bits per heavy atom. The number of allylic oxidation sites excluding steroid dienone is 3. The first kappa shape index (κ1) is 24.7. The number of nitrogens with one attached hydrogen (secondary N) is 1. The van der Waals surface area contributed by atoms with Crippen LogP contribution in [-0.4, -0.2) is 83.8 Å². The molecule has 2 saturated heterocycles. The van der Waals surface area contributed by atoms with Gasteiger partial charge in [-0.25, -0.2) is 9.98 Å². The van der Waals surface area contributed by atoms with Crippen LogP contribution in [0.25, 0.3) is 0 Å². The molecule has 0 radical (unpaired) electrons. The highest BCUT2D eigenvalue weighted by Gasteiger charge is 2.57. The van der Waals surface area contributed by atoms with Crippen LogP contribution >= 0.6 is 0 Å². The zero-order chi connectivity index (χ0) is 25.1. The lowest BCUT2D eigenvalue weighted by Crippen LogP contribution is -2.56. The summed E-state index contributed by atoms with van der Waals surface area (Å²) < 4.78 is 5.86. The van der Waals surface area contributed by atoms with Crippen molar-refractivity contribution in [2.45, 2.75) is 69.9 Å². The molecule has 1 unspecified atom stereocenters. The highest BCUT2D eigenvalue weighted by molar-refractivity contribution is 5.94. The Labute approximate surface area is 214 Å². The zero-order valence-corrected chi connectivity index (χ0v) is 21.7. The Morgan fingerprint density at radius 1 is 1.25 bits per heavy atom. The number of fused-ring (bicyclic) bond motifs is 1. The third-order valence-corrected chi connectivity index (χ3v) is 8.13. The number of anilines is 2. The summed E-state index contributed by atoms with van der Waals surface area (Å²) in [7, 11) is 1.91. The van der Waals surface area contributed by atoms with Crippen LogP contribution in [0.1, 0.15) is 57.4 Å². The molecule has 3 aliphatic heterocycles. The molecule has 0 bridgehead atoms. The second kappa shape index (κ2) is 10.6. The van der Waals surface area contributed by atoms with Gasteiger partial charge >= 0.3 is 0 Å². The SMILES string of the molecule is C=N/C(=C\C=C(/C)OCCN1CCCC1)Nc1ncc2c(n1)N(C1CCCC1)C1(CCN(C)C1=O)C2. The number of aromatic nitrogens is 2. The van der Waals surface area contributed by atoms with E-state index in [1.54, 1.807) is 0 Å². The molecule has 4 heterocycles. The zero-order valence-electron chi connectivity index (χ0n) is 21.7. The van der Waals surface area contributed by atoms with Crippen LogP contribution in [-0.2, 0) is 16.0 Å². The maximum absolute atomic E-state index is 13.3. The van der Waals surface area contributed by atoms with E-state index in [2.05, 4.69) is 31.8 Å². The molecule has 1 aromatic heterocycles. The predicted molar refractivity (Wildman–Crippen MR) is 142 cm³/mol. The predicted octanol–water partition coefficient (Wildman–Crippen LogP) is 3.35. The number of rotatable bonds is 9. The topological polar surface area (TPSA) is 86.2 Å². The van der Waals surface area contributed by atoms with Crippen molar-refractivity contribution in [1.82, 2.24) is 19.8 Å². The quantitative estimate of drug-likeness (QED) is 0.321. The van der Waals surface area contributed by atoms with Crippen molar-refractivity contribution in [3.05, 3.63) is 35.5 Å². The highest BCUT2D eigenvalue weighted by atomic mass is 16.5. The first-order chi connectivity index (χ1) is 17.5. The van der Waals surface area contributed by atoms with E-state index in [4.69, 9.17) is 9.72 Å². The van der Waals surface area contributed by atoms with E-state index >= 15 is 0 Å². The summed E-state index contributed by atoms with van der Waals surface area (Å²) in [6.07, 6.45) is 14.3. The summed E-state index contributed by atoms with van der Waals surface area (Å²) in [5.41, 5.74) is 0.538. The van der Waals surface area contributed by atoms with Crippen molar-refractivity contribution in [3.63, 3.8) is 0 Å². The van der Waals surface area contributed by atoms with Crippen LogP contribution in [0.5, 0.6) is 0 Å². The lowest BCUT2D eigenvalue weighted by atomic mass is 9.91. The summed E-state index contributed by atoms with van der Waals surface area (Å²) >= 11 is 0. The van der Waals surface area contributed by atoms with Crippen molar-refractivity contribution >= 4 is 24.4 Å². The van der Waals surface area contributed by atoms with Crippen LogP contribution < -0.4 is 10.2 Å². The summed E-state index contributed by atoms with van der Waals surface area (Å²) in [5.74, 6) is 2.94. The average molecular weight is 494 g/mol. The second-order valence-electron chi connectivity index (χ2n) is 10.5. The fourth-order valence-electron chi connectivity index (χ4n) is 6.22. The third-order valence-electron chi connectivity index (χ3n) is 8.13. The second-order valence-corrected chi connectivity index (χ2v) is 10.5. The van der Waals surface area contributed by atoms with E-state index in [0.717, 1.165) is 49.5 Å². The van der Waals surface area contributed by atoms with Gasteiger partial charge in [-0.3, -0.25) is 9.69 Å². The molecule has 9 nitrogen and oxygen atoms in total. The Morgan fingerprint density at radius 2 is 2.03 bits per heavy atom. The van der Waals surface area contributed by atoms with E-state index in [9.17, 15) is 4.79 Å². The van der Waals surface area contributed by atoms with E-state index in [1.807, 2.05) is 37.2 Å². The number of likely N-dealkylation sites (tertiary alicyclic amines) is 2. The van der Waals surface area contributed by atoms with Gasteiger partial charge in [0.15, 0.2) is 0 Å². The van der Waals surface area contributed by atoms with Crippen molar-refractivity contribution in [2.75, 3.05) is 50.1 Å². The van der Waals surface area contributed by atoms with Crippen LogP contribution in [0.3, 0.4) is 0 Å². The number of hydrogen-bond donors (Lipinski definition) is 1. The van der Waals surface area contributed by atoms with Gasteiger partial charge in [-0.1, -0.05) is 12.8 Å². The van der Waals surface area contributed by atoms with Crippen molar-refractivity contribution in [3.8, 4) is 0 Å². The number of nitrogens with zero attached hydrogens (tertiary/aromatic N) is 6. The van der Waals surface area contributed by atoms with Gasteiger partial charge in [-0.2, -0.15) is 4.98 Å². The molecule has 0 aromatic carbocycles. The fraction of sp³-hybridized carbons (Fsp3) is 0.630. The molecular formula is C27H39N7O2. The molecule has 36 heavy (non-hydrogen) atoms. The van der Waals surface area contributed by atoms with E-state index in [-0.39, 0.29) is 5.91 Å². The van der Waals surface area contributed by atoms with Gasteiger partial charge in [0.1, 0.15) is 23.8 Å². The van der Waals surface area contributed by atoms with Gasteiger partial charge < -0.3 is 19.9 Å². The van der Waals surface area contributed by atoms with E-state index < -0.39 is 5.54 Å². The fourth-order valence-corrected chi connectivity index (χ4v) is 6.22. The molecule has 5 rings (SSSR count). The van der Waals surface area contributed by atoms with Gasteiger partial charge in [0.05, 0.1) is 5.76 Å². The number of likely N-dealkylation sites (N-methyl/N-ethyl adjacent to an activating group) is 1. The molecule has 1 saturated carbocycles. The smallest absolute Gasteiger partial charge is 0.248 e. The lowest BCUT2D eigenvalue weighted by Gasteiger charge is -2.39. The molecule has 1 spiro atoms. The number of carbonyl (C=O) groups excluding carboxylic acids is 1. The average Bonchev–Trinajstić information content (AvgIpc) is 3.68. The molecule has 1 atom stereocenters. The number of hydrogen-bond acceptors (Lipinski definition) is 8. The van der Waals surface area contributed by atoms with Gasteiger partial charge in [0.25, 0.3) is 0 Å². The van der Waals surface area contributed by atoms with E-state index in [1.165, 1.54) is 38.8 Å². The summed E-state index contributed by atoms with van der Waals surface area (Å²) in [5, 5.41) is 3.20. The van der Waals surface area contributed by atoms with Gasteiger partial charge in [0, 0.05) is 44.4 Å². The van der Waals surface area contributed by atoms with Crippen molar-refractivity contribution in [2.24, 2.45) is 4.99 Å². The summed E-state index contributed by atoms with van der Waals surface area (Å²) in [6.45, 7) is 10.4. The summed E-state index contributed by atoms with van der Waals surface area (Å²) in [4.78, 5) is 33.6. The molecule has 194 valence electrons. The molecule has 1 aromatic rings. The van der Waals surface area contributed by atoms with Crippen LogP contribution in [0.15, 0.2) is 34.9 Å². The van der Waals surface area contributed by atoms with Crippen molar-refractivity contribution in [1.29, 1.82) is 0 Å². The van der Waals surface area contributed by atoms with Crippen molar-refractivity contribution < 1.29 is 9.53 Å². The first-order valence-electron chi connectivity index (χ1n) is 13.4. The minimum absolute atomic E-state index is 0.209. The van der Waals surface area contributed by atoms with Gasteiger partial charge in [-0.15, -0.1) is 0 Å². The molecule has 1 aliphatic carbocycles. The lowest BCUT2D eigenvalue weighted by molar-refractivity contribution is -0.131. The Kier molecular flexibility index (Phi) is 7.27. The molecule has 3 fully saturated rings. The van der Waals surface area contributed by atoms with Crippen LogP contribution in [0, 0.1) is 0 Å². The molecular weight excluding hydrogens is 454 g/mol. The maximum Gasteiger partial charge on any atom is 0.248 e. The number of amides is 1. The largest absolute Gasteiger partial charge is 0.497 e. The number of aliphatic imine (C=N–C) groups is 1. The minimum Gasteiger partial charge on any atom is -0.497 e.